The van der Waals surface area contributed by atoms with E-state index in [1.54, 1.807) is 0 Å². The first kappa shape index (κ1) is 14.5. The molecule has 1 saturated heterocycles. The zero-order chi connectivity index (χ0) is 13.7. The van der Waals surface area contributed by atoms with Gasteiger partial charge in [-0.1, -0.05) is 25.1 Å². The summed E-state index contributed by atoms with van der Waals surface area (Å²) in [6.07, 6.45) is 0. The van der Waals surface area contributed by atoms with Gasteiger partial charge in [0.1, 0.15) is 0 Å². The smallest absolute Gasteiger partial charge is 0.0635 e. The van der Waals surface area contributed by atoms with Gasteiger partial charge in [0.15, 0.2) is 0 Å². The summed E-state index contributed by atoms with van der Waals surface area (Å²) in [5.41, 5.74) is 4.27. The first-order chi connectivity index (χ1) is 9.22. The first-order valence-corrected chi connectivity index (χ1v) is 7.30. The van der Waals surface area contributed by atoms with E-state index < -0.39 is 0 Å². The lowest BCUT2D eigenvalue weighted by Crippen LogP contribution is -2.50. The molecule has 3 nitrogen and oxygen atoms in total. The molecule has 106 valence electrons. The molecule has 1 fully saturated rings. The highest BCUT2D eigenvalue weighted by Gasteiger charge is 2.23. The SMILES string of the molecule is CCNCC1COCCN1Cc1c(C)cccc1C. The van der Waals surface area contributed by atoms with E-state index in [1.807, 2.05) is 0 Å². The molecule has 1 heterocycles. The average molecular weight is 262 g/mol. The van der Waals surface area contributed by atoms with Crippen LogP contribution in [0.4, 0.5) is 0 Å². The minimum atomic E-state index is 0.493. The van der Waals surface area contributed by atoms with Crippen LogP contribution in [0.15, 0.2) is 18.2 Å². The molecular formula is C16H26N2O. The molecule has 0 aliphatic carbocycles. The highest BCUT2D eigenvalue weighted by molar-refractivity contribution is 5.33. The summed E-state index contributed by atoms with van der Waals surface area (Å²) in [5.74, 6) is 0. The number of likely N-dealkylation sites (N-methyl/N-ethyl adjacent to an activating group) is 1. The highest BCUT2D eigenvalue weighted by atomic mass is 16.5. The quantitative estimate of drug-likeness (QED) is 0.879. The van der Waals surface area contributed by atoms with Crippen molar-refractivity contribution < 1.29 is 4.74 Å². The number of nitrogens with one attached hydrogen (secondary N) is 1. The first-order valence-electron chi connectivity index (χ1n) is 7.30. The molecule has 1 aliphatic heterocycles. The fraction of sp³-hybridized carbons (Fsp3) is 0.625. The number of nitrogens with zero attached hydrogens (tertiary/aromatic N) is 1. The van der Waals surface area contributed by atoms with Gasteiger partial charge in [0.25, 0.3) is 0 Å². The molecule has 3 heteroatoms. The molecule has 2 rings (SSSR count). The van der Waals surface area contributed by atoms with Gasteiger partial charge in [-0.3, -0.25) is 4.90 Å². The van der Waals surface area contributed by atoms with Crippen molar-refractivity contribution in [3.8, 4) is 0 Å². The molecule has 1 aliphatic rings. The molecule has 1 aromatic carbocycles. The van der Waals surface area contributed by atoms with Crippen LogP contribution in [-0.2, 0) is 11.3 Å². The van der Waals surface area contributed by atoms with Crippen LogP contribution in [-0.4, -0.2) is 43.8 Å². The Bertz CT molecular complexity index is 385. The van der Waals surface area contributed by atoms with Crippen LogP contribution in [0.25, 0.3) is 0 Å². The summed E-state index contributed by atoms with van der Waals surface area (Å²) < 4.78 is 5.63. The number of rotatable bonds is 5. The summed E-state index contributed by atoms with van der Waals surface area (Å²) in [6.45, 7) is 12.4. The topological polar surface area (TPSA) is 24.5 Å². The molecule has 0 amide bonds. The molecule has 0 bridgehead atoms. The summed E-state index contributed by atoms with van der Waals surface area (Å²) >= 11 is 0. The van der Waals surface area contributed by atoms with E-state index in [4.69, 9.17) is 4.74 Å². The zero-order valence-corrected chi connectivity index (χ0v) is 12.4. The predicted octanol–water partition coefficient (Wildman–Crippen LogP) is 2.11. The Hall–Kier alpha value is -0.900. The molecule has 1 N–H and O–H groups in total. The molecule has 1 atom stereocenters. The van der Waals surface area contributed by atoms with E-state index >= 15 is 0 Å². The molecule has 19 heavy (non-hydrogen) atoms. The van der Waals surface area contributed by atoms with Gasteiger partial charge in [-0.05, 0) is 37.1 Å². The van der Waals surface area contributed by atoms with Crippen LogP contribution in [0, 0.1) is 13.8 Å². The molecule has 0 aromatic heterocycles. The minimum absolute atomic E-state index is 0.493. The lowest BCUT2D eigenvalue weighted by atomic mass is 10.0. The number of ether oxygens (including phenoxy) is 1. The van der Waals surface area contributed by atoms with Gasteiger partial charge in [0.05, 0.1) is 13.2 Å². The molecular weight excluding hydrogens is 236 g/mol. The Morgan fingerprint density at radius 1 is 1.32 bits per heavy atom. The molecule has 0 radical (unpaired) electrons. The average Bonchev–Trinajstić information content (AvgIpc) is 2.42. The van der Waals surface area contributed by atoms with Gasteiger partial charge in [0, 0.05) is 25.7 Å². The predicted molar refractivity (Wildman–Crippen MR) is 79.5 cm³/mol. The van der Waals surface area contributed by atoms with Crippen LogP contribution in [0.3, 0.4) is 0 Å². The van der Waals surface area contributed by atoms with Crippen molar-refractivity contribution in [1.82, 2.24) is 10.2 Å². The van der Waals surface area contributed by atoms with Gasteiger partial charge in [-0.2, -0.15) is 0 Å². The van der Waals surface area contributed by atoms with Gasteiger partial charge in [-0.25, -0.2) is 0 Å². The number of morpholine rings is 1. The summed E-state index contributed by atoms with van der Waals surface area (Å²) in [5, 5.41) is 3.44. The molecule has 1 unspecified atom stereocenters. The van der Waals surface area contributed by atoms with E-state index in [9.17, 15) is 0 Å². The monoisotopic (exact) mass is 262 g/mol. The van der Waals surface area contributed by atoms with Crippen LogP contribution < -0.4 is 5.32 Å². The standard InChI is InChI=1S/C16H26N2O/c1-4-17-10-15-12-19-9-8-18(15)11-16-13(2)6-5-7-14(16)3/h5-7,15,17H,4,8-12H2,1-3H3. The Morgan fingerprint density at radius 2 is 2.05 bits per heavy atom. The lowest BCUT2D eigenvalue weighted by molar-refractivity contribution is -0.0109. The fourth-order valence-electron chi connectivity index (χ4n) is 2.70. The number of benzene rings is 1. The minimum Gasteiger partial charge on any atom is -0.378 e. The van der Waals surface area contributed by atoms with Crippen molar-refractivity contribution in [2.75, 3.05) is 32.8 Å². The summed E-state index contributed by atoms with van der Waals surface area (Å²) in [4.78, 5) is 2.56. The van der Waals surface area contributed by atoms with E-state index in [0.717, 1.165) is 39.4 Å². The molecule has 1 aromatic rings. The fourth-order valence-corrected chi connectivity index (χ4v) is 2.70. The van der Waals surface area contributed by atoms with Crippen LogP contribution >= 0.6 is 0 Å². The van der Waals surface area contributed by atoms with Crippen molar-refractivity contribution in [2.24, 2.45) is 0 Å². The second-order valence-corrected chi connectivity index (χ2v) is 5.38. The van der Waals surface area contributed by atoms with Crippen molar-refractivity contribution in [3.05, 3.63) is 34.9 Å². The Labute approximate surface area is 116 Å². The van der Waals surface area contributed by atoms with E-state index in [1.165, 1.54) is 16.7 Å². The maximum absolute atomic E-state index is 5.63. The summed E-state index contributed by atoms with van der Waals surface area (Å²) in [6, 6.07) is 7.06. The van der Waals surface area contributed by atoms with Gasteiger partial charge >= 0.3 is 0 Å². The highest BCUT2D eigenvalue weighted by Crippen LogP contribution is 2.18. The third-order valence-corrected chi connectivity index (χ3v) is 3.99. The van der Waals surface area contributed by atoms with Crippen molar-refractivity contribution >= 4 is 0 Å². The number of hydrogen-bond donors (Lipinski definition) is 1. The van der Waals surface area contributed by atoms with E-state index in [-0.39, 0.29) is 0 Å². The number of aryl methyl sites for hydroxylation is 2. The van der Waals surface area contributed by atoms with Gasteiger partial charge < -0.3 is 10.1 Å². The lowest BCUT2D eigenvalue weighted by Gasteiger charge is -2.36. The Morgan fingerprint density at radius 3 is 2.74 bits per heavy atom. The maximum Gasteiger partial charge on any atom is 0.0635 e. The third kappa shape index (κ3) is 3.78. The van der Waals surface area contributed by atoms with E-state index in [0.29, 0.717) is 6.04 Å². The van der Waals surface area contributed by atoms with Crippen LogP contribution in [0.2, 0.25) is 0 Å². The molecule has 0 saturated carbocycles. The van der Waals surface area contributed by atoms with Crippen molar-refractivity contribution in [3.63, 3.8) is 0 Å². The van der Waals surface area contributed by atoms with Crippen LogP contribution in [0.5, 0.6) is 0 Å². The van der Waals surface area contributed by atoms with Gasteiger partial charge in [0.2, 0.25) is 0 Å². The Kier molecular flexibility index (Phi) is 5.37. The zero-order valence-electron chi connectivity index (χ0n) is 12.4. The number of hydrogen-bond acceptors (Lipinski definition) is 3. The van der Waals surface area contributed by atoms with Crippen molar-refractivity contribution in [1.29, 1.82) is 0 Å². The van der Waals surface area contributed by atoms with Crippen LogP contribution in [0.1, 0.15) is 23.6 Å². The summed E-state index contributed by atoms with van der Waals surface area (Å²) in [7, 11) is 0. The second kappa shape index (κ2) is 7.04. The third-order valence-electron chi connectivity index (χ3n) is 3.99. The Balaban J connectivity index is 2.06. The van der Waals surface area contributed by atoms with E-state index in [2.05, 4.69) is 49.2 Å². The van der Waals surface area contributed by atoms with Gasteiger partial charge in [-0.15, -0.1) is 0 Å². The second-order valence-electron chi connectivity index (χ2n) is 5.38. The maximum atomic E-state index is 5.63. The molecule has 0 spiro atoms. The largest absolute Gasteiger partial charge is 0.378 e. The van der Waals surface area contributed by atoms with Crippen molar-refractivity contribution in [2.45, 2.75) is 33.4 Å². The normalized spacial score (nSPS) is 20.7.